The molecule has 1 aromatic carbocycles. The number of nitrogens with two attached hydrogens (primary N) is 1. The van der Waals surface area contributed by atoms with E-state index in [4.69, 9.17) is 10.5 Å². The average Bonchev–Trinajstić information content (AvgIpc) is 2.46. The predicted octanol–water partition coefficient (Wildman–Crippen LogP) is 1.26. The van der Waals surface area contributed by atoms with Crippen LogP contribution in [0, 0.1) is 11.7 Å². The lowest BCUT2D eigenvalue weighted by Crippen LogP contribution is -2.46. The van der Waals surface area contributed by atoms with E-state index in [1.807, 2.05) is 13.8 Å². The SMILES string of the molecule is CCOc1ccc(NC(=O)CNC(=O)[C@@H](N)C(C)C)cc1F. The van der Waals surface area contributed by atoms with Crippen LogP contribution in [0.25, 0.3) is 0 Å². The molecule has 6 nitrogen and oxygen atoms in total. The zero-order valence-electron chi connectivity index (χ0n) is 13.0. The van der Waals surface area contributed by atoms with E-state index in [2.05, 4.69) is 10.6 Å². The van der Waals surface area contributed by atoms with Crippen LogP contribution in [-0.4, -0.2) is 31.0 Å². The van der Waals surface area contributed by atoms with Crippen LogP contribution in [0.15, 0.2) is 18.2 Å². The fourth-order valence-corrected chi connectivity index (χ4v) is 1.64. The lowest BCUT2D eigenvalue weighted by atomic mass is 10.1. The summed E-state index contributed by atoms with van der Waals surface area (Å²) < 4.78 is 18.7. The molecule has 0 bridgehead atoms. The van der Waals surface area contributed by atoms with Gasteiger partial charge in [0.1, 0.15) is 0 Å². The smallest absolute Gasteiger partial charge is 0.243 e. The van der Waals surface area contributed by atoms with Crippen LogP contribution in [0.5, 0.6) is 5.75 Å². The monoisotopic (exact) mass is 311 g/mol. The molecule has 0 saturated carbocycles. The summed E-state index contributed by atoms with van der Waals surface area (Å²) in [5.41, 5.74) is 5.94. The highest BCUT2D eigenvalue weighted by atomic mass is 19.1. The Morgan fingerprint density at radius 2 is 2.05 bits per heavy atom. The Labute approximate surface area is 129 Å². The van der Waals surface area contributed by atoms with Gasteiger partial charge in [0, 0.05) is 11.8 Å². The van der Waals surface area contributed by atoms with Gasteiger partial charge in [0.2, 0.25) is 11.8 Å². The molecule has 2 amide bonds. The number of benzene rings is 1. The molecule has 1 aromatic rings. The van der Waals surface area contributed by atoms with Crippen molar-refractivity contribution >= 4 is 17.5 Å². The highest BCUT2D eigenvalue weighted by molar-refractivity contribution is 5.95. The number of ether oxygens (including phenoxy) is 1. The number of amides is 2. The normalized spacial score (nSPS) is 11.9. The van der Waals surface area contributed by atoms with Crippen LogP contribution in [-0.2, 0) is 9.59 Å². The van der Waals surface area contributed by atoms with Crippen molar-refractivity contribution in [3.05, 3.63) is 24.0 Å². The quantitative estimate of drug-likeness (QED) is 0.707. The first-order chi connectivity index (χ1) is 10.3. The molecule has 0 unspecified atom stereocenters. The molecule has 0 fully saturated rings. The summed E-state index contributed by atoms with van der Waals surface area (Å²) in [4.78, 5) is 23.3. The van der Waals surface area contributed by atoms with Crippen molar-refractivity contribution in [2.45, 2.75) is 26.8 Å². The van der Waals surface area contributed by atoms with Crippen LogP contribution < -0.4 is 21.1 Å². The van der Waals surface area contributed by atoms with Gasteiger partial charge in [-0.15, -0.1) is 0 Å². The molecule has 0 aromatic heterocycles. The molecule has 1 rings (SSSR count). The molecule has 4 N–H and O–H groups in total. The maximum Gasteiger partial charge on any atom is 0.243 e. The van der Waals surface area contributed by atoms with E-state index in [1.165, 1.54) is 12.1 Å². The van der Waals surface area contributed by atoms with Gasteiger partial charge in [-0.1, -0.05) is 13.8 Å². The fourth-order valence-electron chi connectivity index (χ4n) is 1.64. The Morgan fingerprint density at radius 3 is 2.59 bits per heavy atom. The van der Waals surface area contributed by atoms with Crippen LogP contribution in [0.4, 0.5) is 10.1 Å². The molecule has 1 atom stereocenters. The summed E-state index contributed by atoms with van der Waals surface area (Å²) >= 11 is 0. The zero-order valence-corrected chi connectivity index (χ0v) is 13.0. The van der Waals surface area contributed by atoms with Gasteiger partial charge in [-0.2, -0.15) is 0 Å². The van der Waals surface area contributed by atoms with Crippen LogP contribution in [0.1, 0.15) is 20.8 Å². The predicted molar refractivity (Wildman–Crippen MR) is 82.0 cm³/mol. The van der Waals surface area contributed by atoms with E-state index < -0.39 is 23.7 Å². The molecule has 22 heavy (non-hydrogen) atoms. The number of carbonyl (C=O) groups is 2. The lowest BCUT2D eigenvalue weighted by molar-refractivity contribution is -0.125. The molecular formula is C15H22FN3O3. The molecular weight excluding hydrogens is 289 g/mol. The standard InChI is InChI=1S/C15H22FN3O3/c1-4-22-12-6-5-10(7-11(12)16)19-13(20)8-18-15(21)14(17)9(2)3/h5-7,9,14H,4,8,17H2,1-3H3,(H,18,21)(H,19,20)/t14-/m0/s1. The highest BCUT2D eigenvalue weighted by Gasteiger charge is 2.17. The number of hydrogen-bond acceptors (Lipinski definition) is 4. The third-order valence-corrected chi connectivity index (χ3v) is 2.96. The second kappa shape index (κ2) is 8.33. The number of nitrogens with one attached hydrogen (secondary N) is 2. The third kappa shape index (κ3) is 5.33. The van der Waals surface area contributed by atoms with Crippen molar-refractivity contribution in [1.29, 1.82) is 0 Å². The van der Waals surface area contributed by atoms with E-state index >= 15 is 0 Å². The van der Waals surface area contributed by atoms with Crippen molar-refractivity contribution in [3.63, 3.8) is 0 Å². The second-order valence-electron chi connectivity index (χ2n) is 5.11. The molecule has 0 heterocycles. The van der Waals surface area contributed by atoms with Crippen molar-refractivity contribution in [1.82, 2.24) is 5.32 Å². The first kappa shape index (κ1) is 17.9. The van der Waals surface area contributed by atoms with Gasteiger partial charge < -0.3 is 21.1 Å². The number of rotatable bonds is 7. The minimum Gasteiger partial charge on any atom is -0.491 e. The Hall–Kier alpha value is -2.15. The number of halogens is 1. The van der Waals surface area contributed by atoms with Gasteiger partial charge in [0.15, 0.2) is 11.6 Å². The maximum atomic E-state index is 13.6. The molecule has 0 saturated heterocycles. The highest BCUT2D eigenvalue weighted by Crippen LogP contribution is 2.20. The summed E-state index contributed by atoms with van der Waals surface area (Å²) in [6.45, 7) is 5.50. The largest absolute Gasteiger partial charge is 0.491 e. The second-order valence-corrected chi connectivity index (χ2v) is 5.11. The topological polar surface area (TPSA) is 93.5 Å². The first-order valence-corrected chi connectivity index (χ1v) is 7.10. The van der Waals surface area contributed by atoms with Gasteiger partial charge in [-0.25, -0.2) is 4.39 Å². The van der Waals surface area contributed by atoms with E-state index in [-0.39, 0.29) is 23.9 Å². The Morgan fingerprint density at radius 1 is 1.36 bits per heavy atom. The van der Waals surface area contributed by atoms with Crippen molar-refractivity contribution < 1.29 is 18.7 Å². The summed E-state index contributed by atoms with van der Waals surface area (Å²) in [7, 11) is 0. The number of hydrogen-bond donors (Lipinski definition) is 3. The number of anilines is 1. The molecule has 0 radical (unpaired) electrons. The van der Waals surface area contributed by atoms with E-state index in [1.54, 1.807) is 6.92 Å². The van der Waals surface area contributed by atoms with Gasteiger partial charge in [-0.3, -0.25) is 9.59 Å². The molecule has 0 aliphatic rings. The maximum absolute atomic E-state index is 13.6. The van der Waals surface area contributed by atoms with Crippen molar-refractivity contribution in [2.75, 3.05) is 18.5 Å². The number of carbonyl (C=O) groups excluding carboxylic acids is 2. The summed E-state index contributed by atoms with van der Waals surface area (Å²) in [6.07, 6.45) is 0. The minimum atomic E-state index is -0.671. The van der Waals surface area contributed by atoms with Crippen LogP contribution in [0.2, 0.25) is 0 Å². The molecule has 0 aliphatic carbocycles. The van der Waals surface area contributed by atoms with Crippen LogP contribution >= 0.6 is 0 Å². The summed E-state index contributed by atoms with van der Waals surface area (Å²) in [6, 6.07) is 3.44. The zero-order chi connectivity index (χ0) is 16.7. The summed E-state index contributed by atoms with van der Waals surface area (Å²) in [5, 5.41) is 4.92. The molecule has 122 valence electrons. The van der Waals surface area contributed by atoms with Crippen molar-refractivity contribution in [3.8, 4) is 5.75 Å². The van der Waals surface area contributed by atoms with Crippen LogP contribution in [0.3, 0.4) is 0 Å². The van der Waals surface area contributed by atoms with E-state index in [9.17, 15) is 14.0 Å². The fraction of sp³-hybridized carbons (Fsp3) is 0.467. The molecule has 7 heteroatoms. The van der Waals surface area contributed by atoms with Gasteiger partial charge >= 0.3 is 0 Å². The Balaban J connectivity index is 2.52. The molecule has 0 spiro atoms. The Bertz CT molecular complexity index is 535. The lowest BCUT2D eigenvalue weighted by Gasteiger charge is -2.15. The Kier molecular flexibility index (Phi) is 6.78. The van der Waals surface area contributed by atoms with Gasteiger partial charge in [-0.05, 0) is 25.0 Å². The van der Waals surface area contributed by atoms with E-state index in [0.717, 1.165) is 6.07 Å². The van der Waals surface area contributed by atoms with Gasteiger partial charge in [0.05, 0.1) is 19.2 Å². The summed E-state index contributed by atoms with van der Waals surface area (Å²) in [5.74, 6) is -1.33. The third-order valence-electron chi connectivity index (χ3n) is 2.96. The average molecular weight is 311 g/mol. The molecule has 0 aliphatic heterocycles. The van der Waals surface area contributed by atoms with Crippen molar-refractivity contribution in [2.24, 2.45) is 11.7 Å². The van der Waals surface area contributed by atoms with E-state index in [0.29, 0.717) is 6.61 Å². The van der Waals surface area contributed by atoms with Gasteiger partial charge in [0.25, 0.3) is 0 Å². The minimum absolute atomic E-state index is 0.0248. The first-order valence-electron chi connectivity index (χ1n) is 7.10.